The normalized spacial score (nSPS) is 19.9. The first-order chi connectivity index (χ1) is 7.75. The topological polar surface area (TPSA) is 36.0 Å². The van der Waals surface area contributed by atoms with Gasteiger partial charge in [0.2, 0.25) is 0 Å². The summed E-state index contributed by atoms with van der Waals surface area (Å²) >= 11 is 0. The summed E-state index contributed by atoms with van der Waals surface area (Å²) < 4.78 is 0. The zero-order valence-electron chi connectivity index (χ0n) is 9.53. The fraction of sp³-hybridized carbons (Fsp3) is 0.429. The van der Waals surface area contributed by atoms with Crippen LogP contribution in [0.3, 0.4) is 0 Å². The van der Waals surface area contributed by atoms with Crippen LogP contribution in [-0.4, -0.2) is 10.1 Å². The molecule has 1 aliphatic carbocycles. The molecule has 3 rings (SSSR count). The van der Waals surface area contributed by atoms with Gasteiger partial charge in [0.15, 0.2) is 0 Å². The highest BCUT2D eigenvalue weighted by atomic mass is 16.3. The number of hydrogen-bond acceptors (Lipinski definition) is 1. The largest absolute Gasteiger partial charge is 0.385 e. The third kappa shape index (κ3) is 1.30. The van der Waals surface area contributed by atoms with Crippen molar-refractivity contribution in [2.24, 2.45) is 5.92 Å². The average Bonchev–Trinajstić information content (AvgIpc) is 3.06. The molecular weight excluding hydrogens is 198 g/mol. The lowest BCUT2D eigenvalue weighted by Crippen LogP contribution is -2.27. The van der Waals surface area contributed by atoms with E-state index in [-0.39, 0.29) is 0 Å². The first-order valence-corrected chi connectivity index (χ1v) is 6.04. The number of nitrogens with one attached hydrogen (secondary N) is 1. The van der Waals surface area contributed by atoms with Crippen LogP contribution in [0.5, 0.6) is 0 Å². The highest BCUT2D eigenvalue weighted by Crippen LogP contribution is 2.49. The van der Waals surface area contributed by atoms with Crippen molar-refractivity contribution in [3.63, 3.8) is 0 Å². The summed E-state index contributed by atoms with van der Waals surface area (Å²) in [5, 5.41) is 12.0. The minimum absolute atomic E-state index is 0.456. The van der Waals surface area contributed by atoms with Gasteiger partial charge < -0.3 is 10.1 Å². The second kappa shape index (κ2) is 3.36. The Balaban J connectivity index is 2.19. The van der Waals surface area contributed by atoms with Gasteiger partial charge in [0.1, 0.15) is 0 Å². The van der Waals surface area contributed by atoms with Crippen LogP contribution in [0.25, 0.3) is 10.9 Å². The van der Waals surface area contributed by atoms with Crippen LogP contribution < -0.4 is 0 Å². The molecule has 0 saturated heterocycles. The fourth-order valence-electron chi connectivity index (χ4n) is 2.72. The van der Waals surface area contributed by atoms with Crippen LogP contribution in [0.4, 0.5) is 0 Å². The van der Waals surface area contributed by atoms with Crippen LogP contribution in [-0.2, 0) is 5.60 Å². The lowest BCUT2D eigenvalue weighted by atomic mass is 9.84. The summed E-state index contributed by atoms with van der Waals surface area (Å²) in [6, 6.07) is 8.21. The predicted octanol–water partition coefficient (Wildman–Crippen LogP) is 3.18. The second-order valence-electron chi connectivity index (χ2n) is 4.80. The zero-order valence-corrected chi connectivity index (χ0v) is 9.53. The minimum atomic E-state index is -0.623. The van der Waals surface area contributed by atoms with Gasteiger partial charge in [-0.3, -0.25) is 0 Å². The van der Waals surface area contributed by atoms with Crippen molar-refractivity contribution in [1.29, 1.82) is 0 Å². The van der Waals surface area contributed by atoms with Gasteiger partial charge in [-0.15, -0.1) is 0 Å². The van der Waals surface area contributed by atoms with Crippen molar-refractivity contribution in [1.82, 2.24) is 4.98 Å². The summed E-state index contributed by atoms with van der Waals surface area (Å²) in [6.45, 7) is 2.07. The van der Waals surface area contributed by atoms with Crippen molar-refractivity contribution in [2.75, 3.05) is 0 Å². The number of benzene rings is 1. The van der Waals surface area contributed by atoms with E-state index in [2.05, 4.69) is 30.1 Å². The van der Waals surface area contributed by atoms with E-state index >= 15 is 0 Å². The van der Waals surface area contributed by atoms with E-state index in [4.69, 9.17) is 0 Å². The Morgan fingerprint density at radius 2 is 2.19 bits per heavy atom. The van der Waals surface area contributed by atoms with Crippen LogP contribution in [0.15, 0.2) is 30.5 Å². The number of fused-ring (bicyclic) bond motifs is 1. The van der Waals surface area contributed by atoms with Gasteiger partial charge in [-0.25, -0.2) is 0 Å². The van der Waals surface area contributed by atoms with E-state index in [1.165, 1.54) is 5.39 Å². The molecule has 2 N–H and O–H groups in total. The molecule has 1 fully saturated rings. The highest BCUT2D eigenvalue weighted by molar-refractivity contribution is 5.83. The Morgan fingerprint density at radius 3 is 2.88 bits per heavy atom. The molecule has 2 heteroatoms. The lowest BCUT2D eigenvalue weighted by molar-refractivity contribution is 0.0104. The highest BCUT2D eigenvalue weighted by Gasteiger charge is 2.44. The van der Waals surface area contributed by atoms with Crippen LogP contribution in [0.2, 0.25) is 0 Å². The molecule has 1 atom stereocenters. The molecule has 0 bridgehead atoms. The molecule has 1 saturated carbocycles. The first kappa shape index (κ1) is 9.91. The van der Waals surface area contributed by atoms with Gasteiger partial charge in [0, 0.05) is 17.1 Å². The average molecular weight is 215 g/mol. The zero-order chi connectivity index (χ0) is 11.2. The van der Waals surface area contributed by atoms with Gasteiger partial charge in [-0.05, 0) is 42.9 Å². The third-order valence-electron chi connectivity index (χ3n) is 3.85. The summed E-state index contributed by atoms with van der Waals surface area (Å²) in [7, 11) is 0. The monoisotopic (exact) mass is 215 g/mol. The van der Waals surface area contributed by atoms with Crippen molar-refractivity contribution < 1.29 is 5.11 Å². The van der Waals surface area contributed by atoms with Crippen LogP contribution in [0, 0.1) is 5.92 Å². The predicted molar refractivity (Wildman–Crippen MR) is 65.2 cm³/mol. The number of aromatic amines is 1. The van der Waals surface area contributed by atoms with Crippen molar-refractivity contribution in [3.8, 4) is 0 Å². The Bertz CT molecular complexity index is 512. The third-order valence-corrected chi connectivity index (χ3v) is 3.85. The van der Waals surface area contributed by atoms with E-state index < -0.39 is 5.60 Å². The quantitative estimate of drug-likeness (QED) is 0.810. The molecular formula is C14H17NO. The Morgan fingerprint density at radius 1 is 1.38 bits per heavy atom. The smallest absolute Gasteiger partial charge is 0.0928 e. The molecule has 1 aromatic heterocycles. The number of aliphatic hydroxyl groups is 1. The van der Waals surface area contributed by atoms with Crippen molar-refractivity contribution in [3.05, 3.63) is 36.0 Å². The summed E-state index contributed by atoms with van der Waals surface area (Å²) in [4.78, 5) is 3.20. The van der Waals surface area contributed by atoms with Crippen LogP contribution >= 0.6 is 0 Å². The minimum Gasteiger partial charge on any atom is -0.385 e. The number of rotatable bonds is 3. The van der Waals surface area contributed by atoms with E-state index in [0.29, 0.717) is 5.92 Å². The first-order valence-electron chi connectivity index (χ1n) is 6.04. The number of H-pyrrole nitrogens is 1. The molecule has 0 aliphatic heterocycles. The molecule has 0 radical (unpaired) electrons. The molecule has 1 aliphatic rings. The number of aromatic nitrogens is 1. The summed E-state index contributed by atoms with van der Waals surface area (Å²) in [5.41, 5.74) is 1.59. The van der Waals surface area contributed by atoms with E-state index in [1.807, 2.05) is 12.3 Å². The van der Waals surface area contributed by atoms with Crippen molar-refractivity contribution in [2.45, 2.75) is 31.8 Å². The van der Waals surface area contributed by atoms with Gasteiger partial charge >= 0.3 is 0 Å². The fourth-order valence-corrected chi connectivity index (χ4v) is 2.72. The maximum absolute atomic E-state index is 10.8. The molecule has 0 amide bonds. The molecule has 84 valence electrons. The van der Waals surface area contributed by atoms with E-state index in [0.717, 1.165) is 30.3 Å². The molecule has 1 heterocycles. The molecule has 2 aromatic rings. The van der Waals surface area contributed by atoms with Crippen molar-refractivity contribution >= 4 is 10.9 Å². The summed E-state index contributed by atoms with van der Waals surface area (Å²) in [5.74, 6) is 0.456. The second-order valence-corrected chi connectivity index (χ2v) is 4.80. The Labute approximate surface area is 95.3 Å². The SMILES string of the molecule is CCC(O)(c1cccc2[nH]ccc12)C1CC1. The molecule has 2 nitrogen and oxygen atoms in total. The van der Waals surface area contributed by atoms with E-state index in [9.17, 15) is 5.11 Å². The maximum atomic E-state index is 10.8. The van der Waals surface area contributed by atoms with Crippen LogP contribution in [0.1, 0.15) is 31.7 Å². The van der Waals surface area contributed by atoms with Gasteiger partial charge in [0.25, 0.3) is 0 Å². The summed E-state index contributed by atoms with van der Waals surface area (Å²) in [6.07, 6.45) is 5.05. The number of hydrogen-bond donors (Lipinski definition) is 2. The molecule has 16 heavy (non-hydrogen) atoms. The van der Waals surface area contributed by atoms with Gasteiger partial charge in [-0.2, -0.15) is 0 Å². The van der Waals surface area contributed by atoms with E-state index in [1.54, 1.807) is 0 Å². The molecule has 0 spiro atoms. The Kier molecular flexibility index (Phi) is 2.08. The Hall–Kier alpha value is -1.28. The molecule has 1 aromatic carbocycles. The maximum Gasteiger partial charge on any atom is 0.0928 e. The lowest BCUT2D eigenvalue weighted by Gasteiger charge is -2.28. The van der Waals surface area contributed by atoms with Gasteiger partial charge in [0.05, 0.1) is 5.60 Å². The van der Waals surface area contributed by atoms with Gasteiger partial charge in [-0.1, -0.05) is 19.1 Å². The standard InChI is InChI=1S/C14H17NO/c1-2-14(16,10-6-7-10)12-4-3-5-13-11(12)8-9-15-13/h3-5,8-10,15-16H,2,6-7H2,1H3. The molecule has 1 unspecified atom stereocenters.